The van der Waals surface area contributed by atoms with Crippen LogP contribution in [0.2, 0.25) is 0 Å². The average Bonchev–Trinajstić information content (AvgIpc) is 2.10. The third kappa shape index (κ3) is 2.27. The predicted octanol–water partition coefficient (Wildman–Crippen LogP) is 1.89. The molecule has 0 heterocycles. The average molecular weight is 248 g/mol. The monoisotopic (exact) mass is 247 g/mol. The minimum atomic E-state index is -0.816. The summed E-state index contributed by atoms with van der Waals surface area (Å²) >= 11 is 3.07. The van der Waals surface area contributed by atoms with E-state index in [9.17, 15) is 9.50 Å². The molecule has 0 aliphatic rings. The van der Waals surface area contributed by atoms with Crippen LogP contribution in [0.3, 0.4) is 0 Å². The Hall–Kier alpha value is -0.450. The van der Waals surface area contributed by atoms with Crippen molar-refractivity contribution in [2.45, 2.75) is 13.0 Å². The van der Waals surface area contributed by atoms with E-state index < -0.39 is 6.10 Å². The van der Waals surface area contributed by atoms with Gasteiger partial charge in [0, 0.05) is 6.54 Å². The molecule has 0 radical (unpaired) electrons. The van der Waals surface area contributed by atoms with E-state index in [0.717, 1.165) is 5.56 Å². The second-order valence-electron chi connectivity index (χ2n) is 2.90. The standard InChI is InChI=1S/C9H11BrFNO/c1-5-2-6(8(13)4-12)9(10)7(11)3-5/h2-3,8,13H,4,12H2,1H3. The largest absolute Gasteiger partial charge is 0.387 e. The zero-order valence-corrected chi connectivity index (χ0v) is 8.81. The summed E-state index contributed by atoms with van der Waals surface area (Å²) < 4.78 is 13.4. The summed E-state index contributed by atoms with van der Waals surface area (Å²) in [6.45, 7) is 1.85. The van der Waals surface area contributed by atoms with Crippen molar-refractivity contribution in [3.05, 3.63) is 33.5 Å². The summed E-state index contributed by atoms with van der Waals surface area (Å²) in [5.74, 6) is -0.373. The molecule has 0 aliphatic carbocycles. The lowest BCUT2D eigenvalue weighted by molar-refractivity contribution is 0.185. The first kappa shape index (κ1) is 10.6. The Bertz CT molecular complexity index is 317. The van der Waals surface area contributed by atoms with Crippen LogP contribution in [-0.2, 0) is 0 Å². The van der Waals surface area contributed by atoms with E-state index >= 15 is 0 Å². The first-order chi connectivity index (χ1) is 6.06. The number of rotatable bonds is 2. The van der Waals surface area contributed by atoms with E-state index in [0.29, 0.717) is 5.56 Å². The molecule has 1 aromatic carbocycles. The Morgan fingerprint density at radius 3 is 2.77 bits per heavy atom. The van der Waals surface area contributed by atoms with E-state index in [2.05, 4.69) is 15.9 Å². The fourth-order valence-electron chi connectivity index (χ4n) is 1.12. The van der Waals surface area contributed by atoms with Crippen LogP contribution in [0.25, 0.3) is 0 Å². The van der Waals surface area contributed by atoms with Gasteiger partial charge in [0.1, 0.15) is 5.82 Å². The predicted molar refractivity (Wildman–Crippen MR) is 52.9 cm³/mol. The van der Waals surface area contributed by atoms with Crippen LogP contribution in [0.4, 0.5) is 4.39 Å². The van der Waals surface area contributed by atoms with Gasteiger partial charge in [-0.1, -0.05) is 6.07 Å². The fraction of sp³-hybridized carbons (Fsp3) is 0.333. The molecule has 0 saturated heterocycles. The zero-order chi connectivity index (χ0) is 10.0. The van der Waals surface area contributed by atoms with Crippen molar-refractivity contribution in [1.29, 1.82) is 0 Å². The molecule has 0 bridgehead atoms. The lowest BCUT2D eigenvalue weighted by Crippen LogP contribution is -2.12. The molecular formula is C9H11BrFNO. The van der Waals surface area contributed by atoms with Gasteiger partial charge in [0.2, 0.25) is 0 Å². The van der Waals surface area contributed by atoms with Crippen LogP contribution in [-0.4, -0.2) is 11.7 Å². The summed E-state index contributed by atoms with van der Waals surface area (Å²) in [5.41, 5.74) is 6.55. The molecular weight excluding hydrogens is 237 g/mol. The van der Waals surface area contributed by atoms with Gasteiger partial charge in [-0.15, -0.1) is 0 Å². The van der Waals surface area contributed by atoms with Gasteiger partial charge in [-0.25, -0.2) is 4.39 Å². The lowest BCUT2D eigenvalue weighted by Gasteiger charge is -2.11. The highest BCUT2D eigenvalue weighted by molar-refractivity contribution is 9.10. The third-order valence-corrected chi connectivity index (χ3v) is 2.62. The van der Waals surface area contributed by atoms with Gasteiger partial charge in [0.25, 0.3) is 0 Å². The molecule has 0 aromatic heterocycles. The van der Waals surface area contributed by atoms with Gasteiger partial charge in [0.15, 0.2) is 0 Å². The second-order valence-corrected chi connectivity index (χ2v) is 3.69. The normalized spacial score (nSPS) is 13.0. The van der Waals surface area contributed by atoms with Gasteiger partial charge >= 0.3 is 0 Å². The van der Waals surface area contributed by atoms with E-state index in [-0.39, 0.29) is 16.8 Å². The molecule has 1 aromatic rings. The number of benzene rings is 1. The molecule has 1 rings (SSSR count). The summed E-state index contributed by atoms with van der Waals surface area (Å²) in [4.78, 5) is 0. The highest BCUT2D eigenvalue weighted by Gasteiger charge is 2.13. The second kappa shape index (κ2) is 4.17. The number of nitrogens with two attached hydrogens (primary N) is 1. The molecule has 4 heteroatoms. The van der Waals surface area contributed by atoms with Gasteiger partial charge in [-0.05, 0) is 40.0 Å². The highest BCUT2D eigenvalue weighted by Crippen LogP contribution is 2.27. The summed E-state index contributed by atoms with van der Waals surface area (Å²) in [5, 5.41) is 9.44. The van der Waals surface area contributed by atoms with Crippen molar-refractivity contribution in [3.8, 4) is 0 Å². The van der Waals surface area contributed by atoms with Crippen molar-refractivity contribution < 1.29 is 9.50 Å². The topological polar surface area (TPSA) is 46.2 Å². The number of aryl methyl sites for hydroxylation is 1. The van der Waals surface area contributed by atoms with Gasteiger partial charge in [0.05, 0.1) is 10.6 Å². The molecule has 1 unspecified atom stereocenters. The van der Waals surface area contributed by atoms with Gasteiger partial charge in [-0.3, -0.25) is 0 Å². The zero-order valence-electron chi connectivity index (χ0n) is 7.22. The summed E-state index contributed by atoms with van der Waals surface area (Å²) in [6.07, 6.45) is -0.816. The number of halogens is 2. The maximum Gasteiger partial charge on any atom is 0.138 e. The van der Waals surface area contributed by atoms with E-state index in [1.165, 1.54) is 6.07 Å². The van der Waals surface area contributed by atoms with E-state index in [1.807, 2.05) is 0 Å². The van der Waals surface area contributed by atoms with Crippen molar-refractivity contribution in [2.75, 3.05) is 6.54 Å². The first-order valence-electron chi connectivity index (χ1n) is 3.90. The molecule has 0 fully saturated rings. The minimum Gasteiger partial charge on any atom is -0.387 e. The highest BCUT2D eigenvalue weighted by atomic mass is 79.9. The quantitative estimate of drug-likeness (QED) is 0.839. The molecule has 0 amide bonds. The molecule has 0 aliphatic heterocycles. The molecule has 72 valence electrons. The number of aliphatic hydroxyl groups is 1. The van der Waals surface area contributed by atoms with E-state index in [4.69, 9.17) is 5.73 Å². The van der Waals surface area contributed by atoms with Crippen molar-refractivity contribution in [3.63, 3.8) is 0 Å². The number of aliphatic hydroxyl groups excluding tert-OH is 1. The van der Waals surface area contributed by atoms with Crippen molar-refractivity contribution in [1.82, 2.24) is 0 Å². The maximum absolute atomic E-state index is 13.1. The molecule has 0 spiro atoms. The Kier molecular flexibility index (Phi) is 3.41. The fourth-order valence-corrected chi connectivity index (χ4v) is 1.61. The molecule has 13 heavy (non-hydrogen) atoms. The van der Waals surface area contributed by atoms with Crippen LogP contribution in [0.15, 0.2) is 16.6 Å². The van der Waals surface area contributed by atoms with E-state index in [1.54, 1.807) is 13.0 Å². The number of hydrogen-bond donors (Lipinski definition) is 2. The molecule has 2 nitrogen and oxygen atoms in total. The van der Waals surface area contributed by atoms with Crippen LogP contribution in [0.5, 0.6) is 0 Å². The van der Waals surface area contributed by atoms with Gasteiger partial charge < -0.3 is 10.8 Å². The molecule has 3 N–H and O–H groups in total. The van der Waals surface area contributed by atoms with Crippen molar-refractivity contribution >= 4 is 15.9 Å². The lowest BCUT2D eigenvalue weighted by atomic mass is 10.1. The Labute approximate surface area is 84.7 Å². The van der Waals surface area contributed by atoms with Crippen LogP contribution < -0.4 is 5.73 Å². The number of hydrogen-bond acceptors (Lipinski definition) is 2. The maximum atomic E-state index is 13.1. The summed E-state index contributed by atoms with van der Waals surface area (Å²) in [7, 11) is 0. The van der Waals surface area contributed by atoms with Crippen LogP contribution in [0.1, 0.15) is 17.2 Å². The smallest absolute Gasteiger partial charge is 0.138 e. The Morgan fingerprint density at radius 2 is 2.23 bits per heavy atom. The minimum absolute atomic E-state index is 0.0848. The van der Waals surface area contributed by atoms with Crippen molar-refractivity contribution in [2.24, 2.45) is 5.73 Å². The van der Waals surface area contributed by atoms with Crippen LogP contribution in [0, 0.1) is 12.7 Å². The summed E-state index contributed by atoms with van der Waals surface area (Å²) in [6, 6.07) is 3.11. The first-order valence-corrected chi connectivity index (χ1v) is 4.69. The molecule has 0 saturated carbocycles. The third-order valence-electron chi connectivity index (χ3n) is 1.78. The van der Waals surface area contributed by atoms with Gasteiger partial charge in [-0.2, -0.15) is 0 Å². The van der Waals surface area contributed by atoms with Crippen LogP contribution >= 0.6 is 15.9 Å². The SMILES string of the molecule is Cc1cc(F)c(Br)c(C(O)CN)c1. The Morgan fingerprint density at radius 1 is 1.62 bits per heavy atom. The molecule has 1 atom stereocenters. The Balaban J connectivity index is 3.20.